The van der Waals surface area contributed by atoms with Gasteiger partial charge < -0.3 is 10.2 Å². The molecule has 2 rings (SSSR count). The maximum absolute atomic E-state index is 13.5. The molecule has 1 saturated heterocycles. The second-order valence-corrected chi connectivity index (χ2v) is 6.10. The van der Waals surface area contributed by atoms with Crippen LogP contribution in [0, 0.1) is 12.7 Å². The summed E-state index contributed by atoms with van der Waals surface area (Å²) >= 11 is 0. The first kappa shape index (κ1) is 16.0. The van der Waals surface area contributed by atoms with Crippen molar-refractivity contribution in [2.45, 2.75) is 52.0 Å². The van der Waals surface area contributed by atoms with E-state index in [0.717, 1.165) is 13.1 Å². The van der Waals surface area contributed by atoms with Crippen molar-refractivity contribution in [1.82, 2.24) is 0 Å². The fraction of sp³-hybridized carbons (Fsp3) is 0.588. The molecule has 2 N–H and O–H groups in total. The largest absolute Gasteiger partial charge is 0.325 e. The number of anilines is 1. The van der Waals surface area contributed by atoms with Crippen molar-refractivity contribution in [1.29, 1.82) is 0 Å². The first-order chi connectivity index (χ1) is 10.1. The van der Waals surface area contributed by atoms with Gasteiger partial charge in [-0.25, -0.2) is 4.39 Å². The van der Waals surface area contributed by atoms with Crippen molar-refractivity contribution in [2.75, 3.05) is 18.4 Å². The molecule has 0 aliphatic carbocycles. The quantitative estimate of drug-likeness (QED) is 0.881. The Morgan fingerprint density at radius 3 is 2.43 bits per heavy atom. The monoisotopic (exact) mass is 293 g/mol. The Labute approximate surface area is 126 Å². The number of aryl methyl sites for hydroxylation is 1. The normalized spacial score (nSPS) is 18.6. The van der Waals surface area contributed by atoms with E-state index in [4.69, 9.17) is 0 Å². The van der Waals surface area contributed by atoms with Crippen molar-refractivity contribution >= 4 is 11.6 Å². The summed E-state index contributed by atoms with van der Waals surface area (Å²) in [6.07, 6.45) is 6.22. The molecule has 0 spiro atoms. The Balaban J connectivity index is 1.95. The van der Waals surface area contributed by atoms with Gasteiger partial charge in [0.2, 0.25) is 0 Å². The molecule has 0 bridgehead atoms. The van der Waals surface area contributed by atoms with Gasteiger partial charge in [-0.15, -0.1) is 0 Å². The van der Waals surface area contributed by atoms with E-state index in [0.29, 0.717) is 11.3 Å². The average molecular weight is 293 g/mol. The molecule has 0 saturated carbocycles. The number of rotatable bonds is 3. The van der Waals surface area contributed by atoms with Crippen LogP contribution in [-0.4, -0.2) is 25.0 Å². The van der Waals surface area contributed by atoms with Gasteiger partial charge in [0.05, 0.1) is 13.1 Å². The zero-order valence-electron chi connectivity index (χ0n) is 13.0. The van der Waals surface area contributed by atoms with Gasteiger partial charge in [-0.2, -0.15) is 0 Å². The summed E-state index contributed by atoms with van der Waals surface area (Å²) in [5, 5.41) is 2.84. The van der Waals surface area contributed by atoms with Crippen LogP contribution in [0.1, 0.15) is 44.6 Å². The molecule has 3 nitrogen and oxygen atoms in total. The third kappa shape index (κ3) is 4.53. The molecule has 21 heavy (non-hydrogen) atoms. The molecule has 1 aliphatic heterocycles. The molecule has 1 fully saturated rings. The van der Waals surface area contributed by atoms with Gasteiger partial charge in [0.25, 0.3) is 5.91 Å². The summed E-state index contributed by atoms with van der Waals surface area (Å²) in [6.45, 7) is 5.79. The van der Waals surface area contributed by atoms with Crippen molar-refractivity contribution < 1.29 is 14.1 Å². The number of benzene rings is 1. The van der Waals surface area contributed by atoms with Gasteiger partial charge in [-0.05, 0) is 57.2 Å². The Kier molecular flexibility index (Phi) is 5.74. The fourth-order valence-corrected chi connectivity index (χ4v) is 2.90. The van der Waals surface area contributed by atoms with Crippen LogP contribution in [0.25, 0.3) is 0 Å². The second-order valence-electron chi connectivity index (χ2n) is 6.10. The molecule has 1 amide bonds. The standard InChI is InChI=1S/C17H25FN2O/c1-13-8-9-15(12-16(13)18)19-17(21)14(2)20-10-6-4-3-5-7-11-20/h8-9,12,14H,3-7,10-11H2,1-2H3,(H,19,21)/p+1/t14-/m1/s1. The summed E-state index contributed by atoms with van der Waals surface area (Å²) < 4.78 is 13.5. The minimum atomic E-state index is -0.279. The lowest BCUT2D eigenvalue weighted by atomic mass is 10.1. The van der Waals surface area contributed by atoms with Gasteiger partial charge in [0, 0.05) is 5.69 Å². The van der Waals surface area contributed by atoms with Crippen LogP contribution in [0.3, 0.4) is 0 Å². The third-order valence-electron chi connectivity index (χ3n) is 4.44. The summed E-state index contributed by atoms with van der Waals surface area (Å²) in [7, 11) is 0. The average Bonchev–Trinajstić information content (AvgIpc) is 2.42. The predicted octanol–water partition coefficient (Wildman–Crippen LogP) is 2.31. The van der Waals surface area contributed by atoms with Crippen molar-refractivity contribution in [3.05, 3.63) is 29.6 Å². The van der Waals surface area contributed by atoms with E-state index in [2.05, 4.69) is 5.32 Å². The van der Waals surface area contributed by atoms with Gasteiger partial charge in [-0.1, -0.05) is 12.5 Å². The van der Waals surface area contributed by atoms with Crippen molar-refractivity contribution in [3.8, 4) is 0 Å². The number of carbonyl (C=O) groups excluding carboxylic acids is 1. The van der Waals surface area contributed by atoms with Crippen LogP contribution in [-0.2, 0) is 4.79 Å². The smallest absolute Gasteiger partial charge is 0.282 e. The molecule has 1 aromatic rings. The van der Waals surface area contributed by atoms with Crippen LogP contribution in [0.5, 0.6) is 0 Å². The van der Waals surface area contributed by atoms with Crippen LogP contribution >= 0.6 is 0 Å². The molecule has 0 aromatic heterocycles. The molecule has 4 heteroatoms. The molecular formula is C17H26FN2O+. The number of quaternary nitrogens is 1. The van der Waals surface area contributed by atoms with E-state index in [1.54, 1.807) is 19.1 Å². The molecule has 1 aliphatic rings. The number of amides is 1. The first-order valence-corrected chi connectivity index (χ1v) is 7.99. The van der Waals surface area contributed by atoms with Crippen LogP contribution < -0.4 is 10.2 Å². The zero-order valence-corrected chi connectivity index (χ0v) is 13.0. The summed E-state index contributed by atoms with van der Waals surface area (Å²) in [5.41, 5.74) is 1.14. The van der Waals surface area contributed by atoms with Gasteiger partial charge >= 0.3 is 0 Å². The number of nitrogens with one attached hydrogen (secondary N) is 2. The van der Waals surface area contributed by atoms with Crippen molar-refractivity contribution in [2.24, 2.45) is 0 Å². The Hall–Kier alpha value is -1.42. The highest BCUT2D eigenvalue weighted by Gasteiger charge is 2.25. The molecular weight excluding hydrogens is 267 g/mol. The highest BCUT2D eigenvalue weighted by Crippen LogP contribution is 2.13. The number of carbonyl (C=O) groups is 1. The lowest BCUT2D eigenvalue weighted by molar-refractivity contribution is -0.914. The minimum Gasteiger partial charge on any atom is -0.325 e. The fourth-order valence-electron chi connectivity index (χ4n) is 2.90. The van der Waals surface area contributed by atoms with Gasteiger partial charge in [0.1, 0.15) is 5.82 Å². The Bertz CT molecular complexity index is 482. The van der Waals surface area contributed by atoms with Crippen LogP contribution in [0.15, 0.2) is 18.2 Å². The maximum Gasteiger partial charge on any atom is 0.282 e. The van der Waals surface area contributed by atoms with Gasteiger partial charge in [0.15, 0.2) is 6.04 Å². The van der Waals surface area contributed by atoms with E-state index in [1.165, 1.54) is 43.1 Å². The van der Waals surface area contributed by atoms with Crippen molar-refractivity contribution in [3.63, 3.8) is 0 Å². The van der Waals surface area contributed by atoms with E-state index in [9.17, 15) is 9.18 Å². The molecule has 0 radical (unpaired) electrons. The lowest BCUT2D eigenvalue weighted by Gasteiger charge is -2.27. The lowest BCUT2D eigenvalue weighted by Crippen LogP contribution is -3.16. The molecule has 1 heterocycles. The van der Waals surface area contributed by atoms with E-state index < -0.39 is 0 Å². The van der Waals surface area contributed by atoms with Crippen LogP contribution in [0.2, 0.25) is 0 Å². The predicted molar refractivity (Wildman–Crippen MR) is 83.0 cm³/mol. The topological polar surface area (TPSA) is 33.5 Å². The maximum atomic E-state index is 13.5. The highest BCUT2D eigenvalue weighted by atomic mass is 19.1. The van der Waals surface area contributed by atoms with E-state index >= 15 is 0 Å². The Morgan fingerprint density at radius 2 is 1.81 bits per heavy atom. The van der Waals surface area contributed by atoms with E-state index in [-0.39, 0.29) is 17.8 Å². The first-order valence-electron chi connectivity index (χ1n) is 7.99. The zero-order chi connectivity index (χ0) is 15.2. The summed E-state index contributed by atoms with van der Waals surface area (Å²) in [4.78, 5) is 13.7. The Morgan fingerprint density at radius 1 is 1.19 bits per heavy atom. The number of hydrogen-bond donors (Lipinski definition) is 2. The number of hydrogen-bond acceptors (Lipinski definition) is 1. The molecule has 116 valence electrons. The summed E-state index contributed by atoms with van der Waals surface area (Å²) in [5.74, 6) is -0.298. The summed E-state index contributed by atoms with van der Waals surface area (Å²) in [6, 6.07) is 4.75. The number of likely N-dealkylation sites (tertiary alicyclic amines) is 1. The number of halogens is 1. The van der Waals surface area contributed by atoms with E-state index in [1.807, 2.05) is 6.92 Å². The minimum absolute atomic E-state index is 0.0196. The second kappa shape index (κ2) is 7.55. The molecule has 1 aromatic carbocycles. The SMILES string of the molecule is Cc1ccc(NC(=O)[C@@H](C)[NH+]2CCCCCCC2)cc1F. The molecule has 1 atom stereocenters. The van der Waals surface area contributed by atoms with Gasteiger partial charge in [-0.3, -0.25) is 4.79 Å². The molecule has 0 unspecified atom stereocenters. The van der Waals surface area contributed by atoms with Crippen LogP contribution in [0.4, 0.5) is 10.1 Å². The third-order valence-corrected chi connectivity index (χ3v) is 4.44. The highest BCUT2D eigenvalue weighted by molar-refractivity contribution is 5.93.